The first kappa shape index (κ1) is 16.3. The van der Waals surface area contributed by atoms with E-state index in [1.807, 2.05) is 29.6 Å². The number of pyridine rings is 1. The van der Waals surface area contributed by atoms with Crippen molar-refractivity contribution in [2.75, 3.05) is 10.6 Å². The van der Waals surface area contributed by atoms with Crippen molar-refractivity contribution in [2.45, 2.75) is 50.5 Å². The van der Waals surface area contributed by atoms with Gasteiger partial charge in [0.25, 0.3) is 0 Å². The lowest BCUT2D eigenvalue weighted by atomic mass is 9.53. The summed E-state index contributed by atoms with van der Waals surface area (Å²) in [5.41, 5.74) is 1.04. The molecule has 136 valence electrons. The number of amides is 1. The van der Waals surface area contributed by atoms with Crippen LogP contribution in [0.4, 0.5) is 11.5 Å². The molecule has 0 unspecified atom stereocenters. The Morgan fingerprint density at radius 1 is 1.12 bits per heavy atom. The minimum atomic E-state index is 0.0102. The van der Waals surface area contributed by atoms with Crippen LogP contribution in [0.1, 0.15) is 43.4 Å². The molecule has 4 nitrogen and oxygen atoms in total. The quantitative estimate of drug-likeness (QED) is 0.805. The number of rotatable bonds is 5. The fourth-order valence-electron chi connectivity index (χ4n) is 5.85. The number of carbonyl (C=O) groups excluding carboxylic acids is 1. The van der Waals surface area contributed by atoms with Crippen LogP contribution < -0.4 is 10.6 Å². The molecule has 4 saturated carbocycles. The maximum atomic E-state index is 12.1. The summed E-state index contributed by atoms with van der Waals surface area (Å²) in [5, 5.41) is 8.72. The molecule has 6 rings (SSSR count). The van der Waals surface area contributed by atoms with E-state index in [1.54, 1.807) is 17.5 Å². The standard InChI is InChI=1S/C21H25N3OS/c25-20(9-18-2-1-5-26-18)23-17-3-4-19(22-13-17)24-21-10-14-6-15(11-21)8-16(7-14)12-21/h1-5,13-16H,6-12H2,(H,22,24)(H,23,25). The molecule has 26 heavy (non-hydrogen) atoms. The van der Waals surface area contributed by atoms with Crippen LogP contribution in [0.3, 0.4) is 0 Å². The summed E-state index contributed by atoms with van der Waals surface area (Å²) in [4.78, 5) is 17.8. The van der Waals surface area contributed by atoms with Crippen LogP contribution in [0.5, 0.6) is 0 Å². The second-order valence-electron chi connectivity index (χ2n) is 8.56. The molecule has 5 heteroatoms. The second-order valence-corrected chi connectivity index (χ2v) is 9.59. The molecule has 1 amide bonds. The van der Waals surface area contributed by atoms with E-state index in [1.165, 1.54) is 38.5 Å². The van der Waals surface area contributed by atoms with Gasteiger partial charge in [0, 0.05) is 10.4 Å². The third-order valence-electron chi connectivity index (χ3n) is 6.39. The van der Waals surface area contributed by atoms with Gasteiger partial charge in [0.15, 0.2) is 0 Å². The first-order valence-electron chi connectivity index (χ1n) is 9.72. The highest BCUT2D eigenvalue weighted by Crippen LogP contribution is 2.56. The lowest BCUT2D eigenvalue weighted by molar-refractivity contribution is -0.115. The van der Waals surface area contributed by atoms with E-state index in [4.69, 9.17) is 0 Å². The van der Waals surface area contributed by atoms with Gasteiger partial charge in [-0.15, -0.1) is 11.3 Å². The minimum absolute atomic E-state index is 0.0102. The maximum absolute atomic E-state index is 12.1. The van der Waals surface area contributed by atoms with Crippen molar-refractivity contribution < 1.29 is 4.79 Å². The Morgan fingerprint density at radius 2 is 1.85 bits per heavy atom. The van der Waals surface area contributed by atoms with Crippen molar-refractivity contribution in [3.05, 3.63) is 40.7 Å². The second kappa shape index (κ2) is 6.38. The van der Waals surface area contributed by atoms with Crippen molar-refractivity contribution >= 4 is 28.7 Å². The largest absolute Gasteiger partial charge is 0.365 e. The SMILES string of the molecule is O=C(Cc1cccs1)Nc1ccc(NC23CC4CC(CC(C4)C2)C3)nc1. The molecule has 2 N–H and O–H groups in total. The topological polar surface area (TPSA) is 54.0 Å². The molecule has 2 aromatic heterocycles. The lowest BCUT2D eigenvalue weighted by Gasteiger charge is -2.57. The Morgan fingerprint density at radius 3 is 2.42 bits per heavy atom. The number of hydrogen-bond donors (Lipinski definition) is 2. The van der Waals surface area contributed by atoms with Gasteiger partial charge in [-0.1, -0.05) is 6.07 Å². The molecule has 0 aromatic carbocycles. The number of anilines is 2. The summed E-state index contributed by atoms with van der Waals surface area (Å²) in [6.07, 6.45) is 10.5. The predicted octanol–water partition coefficient (Wildman–Crippen LogP) is 4.71. The fraction of sp³-hybridized carbons (Fsp3) is 0.524. The Kier molecular flexibility index (Phi) is 4.00. The average molecular weight is 368 g/mol. The van der Waals surface area contributed by atoms with Gasteiger partial charge in [0.2, 0.25) is 5.91 Å². The summed E-state index contributed by atoms with van der Waals surface area (Å²) in [7, 11) is 0. The molecule has 0 radical (unpaired) electrons. The van der Waals surface area contributed by atoms with E-state index >= 15 is 0 Å². The summed E-state index contributed by atoms with van der Waals surface area (Å²) in [6.45, 7) is 0. The molecule has 4 bridgehead atoms. The van der Waals surface area contributed by atoms with E-state index in [0.29, 0.717) is 6.42 Å². The molecule has 0 spiro atoms. The van der Waals surface area contributed by atoms with Crippen LogP contribution in [0.15, 0.2) is 35.8 Å². The highest BCUT2D eigenvalue weighted by molar-refractivity contribution is 7.10. The van der Waals surface area contributed by atoms with Gasteiger partial charge in [-0.05, 0) is 79.9 Å². The van der Waals surface area contributed by atoms with Crippen molar-refractivity contribution in [1.82, 2.24) is 4.98 Å². The molecule has 0 atom stereocenters. The number of carbonyl (C=O) groups is 1. The first-order chi connectivity index (χ1) is 12.7. The smallest absolute Gasteiger partial charge is 0.229 e. The molecular weight excluding hydrogens is 342 g/mol. The molecular formula is C21H25N3OS. The lowest BCUT2D eigenvalue weighted by Crippen LogP contribution is -2.54. The van der Waals surface area contributed by atoms with Gasteiger partial charge in [0.1, 0.15) is 5.82 Å². The van der Waals surface area contributed by atoms with Gasteiger partial charge in [-0.2, -0.15) is 0 Å². The van der Waals surface area contributed by atoms with E-state index in [9.17, 15) is 4.79 Å². The van der Waals surface area contributed by atoms with Gasteiger partial charge in [-0.3, -0.25) is 4.79 Å². The summed E-state index contributed by atoms with van der Waals surface area (Å²) in [6, 6.07) is 7.93. The first-order valence-corrected chi connectivity index (χ1v) is 10.6. The Hall–Kier alpha value is -1.88. The number of thiophene rings is 1. The molecule has 4 aliphatic carbocycles. The fourth-order valence-corrected chi connectivity index (χ4v) is 6.56. The van der Waals surface area contributed by atoms with E-state index in [-0.39, 0.29) is 11.4 Å². The molecule has 0 saturated heterocycles. The number of aromatic nitrogens is 1. The van der Waals surface area contributed by atoms with E-state index in [0.717, 1.165) is 34.1 Å². The molecule has 4 fully saturated rings. The zero-order valence-electron chi connectivity index (χ0n) is 14.9. The normalized spacial score (nSPS) is 31.8. The van der Waals surface area contributed by atoms with Crippen LogP contribution in [-0.2, 0) is 11.2 Å². The van der Waals surface area contributed by atoms with Crippen LogP contribution >= 0.6 is 11.3 Å². The summed E-state index contributed by atoms with van der Waals surface area (Å²) < 4.78 is 0. The van der Waals surface area contributed by atoms with Crippen LogP contribution in [0.2, 0.25) is 0 Å². The number of hydrogen-bond acceptors (Lipinski definition) is 4. The predicted molar refractivity (Wildman–Crippen MR) is 105 cm³/mol. The van der Waals surface area contributed by atoms with Crippen molar-refractivity contribution in [3.63, 3.8) is 0 Å². The highest BCUT2D eigenvalue weighted by atomic mass is 32.1. The van der Waals surface area contributed by atoms with Gasteiger partial charge < -0.3 is 10.6 Å². The molecule has 2 heterocycles. The monoisotopic (exact) mass is 367 g/mol. The maximum Gasteiger partial charge on any atom is 0.229 e. The number of nitrogens with zero attached hydrogens (tertiary/aromatic N) is 1. The summed E-state index contributed by atoms with van der Waals surface area (Å²) >= 11 is 1.61. The Labute approximate surface area is 158 Å². The highest BCUT2D eigenvalue weighted by Gasteiger charge is 2.51. The third kappa shape index (κ3) is 3.25. The minimum Gasteiger partial charge on any atom is -0.365 e. The zero-order valence-corrected chi connectivity index (χ0v) is 15.7. The van der Waals surface area contributed by atoms with E-state index in [2.05, 4.69) is 15.6 Å². The van der Waals surface area contributed by atoms with Crippen molar-refractivity contribution in [3.8, 4) is 0 Å². The number of nitrogens with one attached hydrogen (secondary N) is 2. The van der Waals surface area contributed by atoms with Crippen molar-refractivity contribution in [1.29, 1.82) is 0 Å². The Balaban J connectivity index is 1.22. The third-order valence-corrected chi connectivity index (χ3v) is 7.27. The van der Waals surface area contributed by atoms with Gasteiger partial charge in [-0.25, -0.2) is 4.98 Å². The van der Waals surface area contributed by atoms with Crippen LogP contribution in [0.25, 0.3) is 0 Å². The van der Waals surface area contributed by atoms with Crippen LogP contribution in [-0.4, -0.2) is 16.4 Å². The molecule has 2 aromatic rings. The summed E-state index contributed by atoms with van der Waals surface area (Å²) in [5.74, 6) is 3.72. The van der Waals surface area contributed by atoms with Gasteiger partial charge in [0.05, 0.1) is 18.3 Å². The molecule has 0 aliphatic heterocycles. The van der Waals surface area contributed by atoms with Gasteiger partial charge >= 0.3 is 0 Å². The average Bonchev–Trinajstić information content (AvgIpc) is 3.08. The molecule has 4 aliphatic rings. The zero-order chi connectivity index (χ0) is 17.6. The van der Waals surface area contributed by atoms with Crippen molar-refractivity contribution in [2.24, 2.45) is 17.8 Å². The Bertz CT molecular complexity index is 749. The van der Waals surface area contributed by atoms with E-state index < -0.39 is 0 Å². The van der Waals surface area contributed by atoms with Crippen LogP contribution in [0, 0.1) is 17.8 Å².